The van der Waals surface area contributed by atoms with Crippen LogP contribution in [0.2, 0.25) is 20.1 Å². The zero-order valence-corrected chi connectivity index (χ0v) is 29.2. The molecule has 1 atom stereocenters. The predicted molar refractivity (Wildman–Crippen MR) is 186 cm³/mol. The molecule has 0 aliphatic carbocycles. The van der Waals surface area contributed by atoms with Gasteiger partial charge in [0.15, 0.2) is 0 Å². The molecule has 46 heavy (non-hydrogen) atoms. The highest BCUT2D eigenvalue weighted by Crippen LogP contribution is 2.34. The Morgan fingerprint density at radius 1 is 0.804 bits per heavy atom. The maximum absolute atomic E-state index is 14.6. The minimum atomic E-state index is -4.36. The monoisotopic (exact) mass is 719 g/mol. The zero-order chi connectivity index (χ0) is 33.6. The molecular weight excluding hydrogens is 688 g/mol. The molecule has 4 aromatic rings. The molecular formula is C34H33Cl4N3O4S. The van der Waals surface area contributed by atoms with Crippen LogP contribution in [0.3, 0.4) is 0 Å². The zero-order valence-electron chi connectivity index (χ0n) is 25.4. The lowest BCUT2D eigenvalue weighted by Gasteiger charge is -2.34. The molecule has 2 amide bonds. The Morgan fingerprint density at radius 3 is 2.04 bits per heavy atom. The molecule has 0 saturated heterocycles. The summed E-state index contributed by atoms with van der Waals surface area (Å²) in [6, 6.07) is 23.4. The molecule has 7 nitrogen and oxygen atoms in total. The van der Waals surface area contributed by atoms with Crippen molar-refractivity contribution in [2.24, 2.45) is 0 Å². The summed E-state index contributed by atoms with van der Waals surface area (Å²) in [4.78, 5) is 29.7. The van der Waals surface area contributed by atoms with Gasteiger partial charge in [-0.15, -0.1) is 0 Å². The number of nitrogens with zero attached hydrogens (tertiary/aromatic N) is 2. The van der Waals surface area contributed by atoms with E-state index in [-0.39, 0.29) is 49.7 Å². The highest BCUT2D eigenvalue weighted by Gasteiger charge is 2.36. The van der Waals surface area contributed by atoms with Crippen molar-refractivity contribution in [3.8, 4) is 0 Å². The van der Waals surface area contributed by atoms with E-state index in [1.54, 1.807) is 30.3 Å². The third-order valence-corrected chi connectivity index (χ3v) is 10.2. The topological polar surface area (TPSA) is 86.8 Å². The average Bonchev–Trinajstić information content (AvgIpc) is 3.00. The largest absolute Gasteiger partial charge is 0.352 e. The van der Waals surface area contributed by atoms with E-state index in [2.05, 4.69) is 5.32 Å². The number of anilines is 1. The van der Waals surface area contributed by atoms with E-state index in [1.165, 1.54) is 35.2 Å². The summed E-state index contributed by atoms with van der Waals surface area (Å²) in [5, 5.41) is 3.76. The van der Waals surface area contributed by atoms with Crippen molar-refractivity contribution in [1.82, 2.24) is 10.2 Å². The molecule has 0 radical (unpaired) electrons. The first kappa shape index (κ1) is 35.6. The van der Waals surface area contributed by atoms with Crippen molar-refractivity contribution in [2.45, 2.75) is 50.7 Å². The van der Waals surface area contributed by atoms with Gasteiger partial charge in [-0.25, -0.2) is 8.42 Å². The van der Waals surface area contributed by atoms with Crippen LogP contribution in [0.15, 0.2) is 95.9 Å². The van der Waals surface area contributed by atoms with Gasteiger partial charge in [-0.3, -0.25) is 13.9 Å². The maximum atomic E-state index is 14.6. The Balaban J connectivity index is 1.87. The minimum absolute atomic E-state index is 0.00468. The predicted octanol–water partition coefficient (Wildman–Crippen LogP) is 7.97. The minimum Gasteiger partial charge on any atom is -0.352 e. The van der Waals surface area contributed by atoms with Gasteiger partial charge in [0.25, 0.3) is 10.0 Å². The Hall–Kier alpha value is -3.27. The summed E-state index contributed by atoms with van der Waals surface area (Å²) >= 11 is 25.9. The molecule has 0 heterocycles. The second-order valence-electron chi connectivity index (χ2n) is 11.0. The molecule has 0 aliphatic rings. The molecule has 4 rings (SSSR count). The van der Waals surface area contributed by atoms with Crippen LogP contribution in [0.5, 0.6) is 0 Å². The molecule has 0 aliphatic heterocycles. The summed E-state index contributed by atoms with van der Waals surface area (Å²) in [7, 11) is -4.36. The van der Waals surface area contributed by atoms with Crippen LogP contribution in [0.25, 0.3) is 0 Å². The Kier molecular flexibility index (Phi) is 12.0. The molecule has 4 aromatic carbocycles. The number of carbonyl (C=O) groups is 2. The fourth-order valence-corrected chi connectivity index (χ4v) is 7.19. The number of hydrogen-bond acceptors (Lipinski definition) is 4. The van der Waals surface area contributed by atoms with Crippen molar-refractivity contribution in [3.05, 3.63) is 128 Å². The Morgan fingerprint density at radius 2 is 1.43 bits per heavy atom. The Bertz CT molecular complexity index is 1780. The second kappa shape index (κ2) is 15.5. The van der Waals surface area contributed by atoms with Crippen LogP contribution < -0.4 is 9.62 Å². The van der Waals surface area contributed by atoms with E-state index in [9.17, 15) is 18.0 Å². The molecule has 242 valence electrons. The molecule has 0 bridgehead atoms. The van der Waals surface area contributed by atoms with Crippen molar-refractivity contribution < 1.29 is 18.0 Å². The molecule has 12 heteroatoms. The molecule has 0 spiro atoms. The van der Waals surface area contributed by atoms with Gasteiger partial charge in [0, 0.05) is 39.6 Å². The van der Waals surface area contributed by atoms with Gasteiger partial charge in [0.1, 0.15) is 12.6 Å². The van der Waals surface area contributed by atoms with Gasteiger partial charge in [-0.2, -0.15) is 0 Å². The van der Waals surface area contributed by atoms with Crippen molar-refractivity contribution in [1.29, 1.82) is 0 Å². The van der Waals surface area contributed by atoms with Crippen LogP contribution in [-0.4, -0.2) is 43.8 Å². The first-order valence-corrected chi connectivity index (χ1v) is 17.3. The van der Waals surface area contributed by atoms with E-state index < -0.39 is 34.4 Å². The number of halogens is 4. The van der Waals surface area contributed by atoms with Crippen LogP contribution in [0.4, 0.5) is 5.69 Å². The smallest absolute Gasteiger partial charge is 0.264 e. The van der Waals surface area contributed by atoms with Crippen molar-refractivity contribution in [2.75, 3.05) is 10.8 Å². The third kappa shape index (κ3) is 8.75. The van der Waals surface area contributed by atoms with Crippen LogP contribution in [0, 0.1) is 6.92 Å². The number of benzene rings is 4. The van der Waals surface area contributed by atoms with Crippen LogP contribution >= 0.6 is 46.4 Å². The molecule has 0 saturated carbocycles. The number of carbonyl (C=O) groups excluding carboxylic acids is 2. The normalized spacial score (nSPS) is 12.1. The van der Waals surface area contributed by atoms with Gasteiger partial charge in [0.2, 0.25) is 11.8 Å². The number of amides is 2. The van der Waals surface area contributed by atoms with Crippen molar-refractivity contribution in [3.63, 3.8) is 0 Å². The van der Waals surface area contributed by atoms with Gasteiger partial charge >= 0.3 is 0 Å². The quantitative estimate of drug-likeness (QED) is 0.161. The molecule has 0 aromatic heterocycles. The summed E-state index contributed by atoms with van der Waals surface area (Å²) in [5.41, 5.74) is 2.05. The average molecular weight is 722 g/mol. The molecule has 1 N–H and O–H groups in total. The highest BCUT2D eigenvalue weighted by molar-refractivity contribution is 7.92. The first-order valence-electron chi connectivity index (χ1n) is 14.4. The first-order chi connectivity index (χ1) is 21.8. The summed E-state index contributed by atoms with van der Waals surface area (Å²) in [5.74, 6) is -1.12. The summed E-state index contributed by atoms with van der Waals surface area (Å²) < 4.78 is 29.3. The third-order valence-electron chi connectivity index (χ3n) is 7.16. The van der Waals surface area contributed by atoms with E-state index in [0.717, 1.165) is 15.4 Å². The number of hydrogen-bond donors (Lipinski definition) is 1. The van der Waals surface area contributed by atoms with Gasteiger partial charge < -0.3 is 10.2 Å². The lowest BCUT2D eigenvalue weighted by molar-refractivity contribution is -0.140. The maximum Gasteiger partial charge on any atom is 0.264 e. The van der Waals surface area contributed by atoms with E-state index >= 15 is 0 Å². The van der Waals surface area contributed by atoms with Gasteiger partial charge in [-0.05, 0) is 68.8 Å². The summed E-state index contributed by atoms with van der Waals surface area (Å²) in [6.07, 6.45) is 0.135. The summed E-state index contributed by atoms with van der Waals surface area (Å²) in [6.45, 7) is 4.57. The second-order valence-corrected chi connectivity index (χ2v) is 14.5. The van der Waals surface area contributed by atoms with E-state index in [4.69, 9.17) is 46.4 Å². The lowest BCUT2D eigenvalue weighted by atomic mass is 10.0. The van der Waals surface area contributed by atoms with Crippen LogP contribution in [-0.2, 0) is 32.6 Å². The fraction of sp³-hybridized carbons (Fsp3) is 0.235. The highest BCUT2D eigenvalue weighted by atomic mass is 35.5. The van der Waals surface area contributed by atoms with Crippen LogP contribution in [0.1, 0.15) is 30.5 Å². The molecule has 0 fully saturated rings. The number of nitrogens with one attached hydrogen (secondary N) is 1. The standard InChI is InChI=1S/C34H33Cl4N3O4S/c1-22(2)39-34(43)32(18-24-8-5-4-6-9-24)40(20-27-28(36)10-7-11-29(27)37)33(42)21-41(31-19-25(35)14-17-30(31)38)46(44,45)26-15-12-23(3)13-16-26/h4-17,19,22,32H,18,20-21H2,1-3H3,(H,39,43)/t32-/m1/s1. The lowest BCUT2D eigenvalue weighted by Crippen LogP contribution is -2.54. The number of rotatable bonds is 12. The van der Waals surface area contributed by atoms with Gasteiger partial charge in [0.05, 0.1) is 15.6 Å². The van der Waals surface area contributed by atoms with Gasteiger partial charge in [-0.1, -0.05) is 100 Å². The van der Waals surface area contributed by atoms with E-state index in [1.807, 2.05) is 51.1 Å². The van der Waals surface area contributed by atoms with E-state index in [0.29, 0.717) is 5.56 Å². The SMILES string of the molecule is Cc1ccc(S(=O)(=O)N(CC(=O)N(Cc2c(Cl)cccc2Cl)[C@H](Cc2ccccc2)C(=O)NC(C)C)c2cc(Cl)ccc2Cl)cc1. The fourth-order valence-electron chi connectivity index (χ4n) is 4.82. The number of sulfonamides is 1. The Labute approximate surface area is 290 Å². The number of aryl methyl sites for hydroxylation is 1. The molecule has 0 unspecified atom stereocenters. The van der Waals surface area contributed by atoms with Crippen molar-refractivity contribution >= 4 is 73.9 Å².